The summed E-state index contributed by atoms with van der Waals surface area (Å²) in [6.07, 6.45) is 3.87. The minimum atomic E-state index is -0.682. The Morgan fingerprint density at radius 2 is 1.81 bits per heavy atom. The molecule has 16 heavy (non-hydrogen) atoms. The van der Waals surface area contributed by atoms with Gasteiger partial charge in [-0.05, 0) is 26.7 Å². The average molecular weight is 251 g/mol. The van der Waals surface area contributed by atoms with Gasteiger partial charge in [0.2, 0.25) is 5.91 Å². The number of hydrogen-bond donors (Lipinski definition) is 1. The quantitative estimate of drug-likeness (QED) is 0.755. The largest absolute Gasteiger partial charge is 0.341 e. The Labute approximate surface area is 106 Å². The van der Waals surface area contributed by atoms with Crippen molar-refractivity contribution in [1.82, 2.24) is 4.90 Å². The SMILES string of the molecule is CCCCN(CC)C(=O)C(C)(N)CCC.Cl. The molecule has 0 aliphatic carbocycles. The lowest BCUT2D eigenvalue weighted by molar-refractivity contribution is -0.136. The molecule has 0 aliphatic rings. The first-order chi connectivity index (χ1) is 6.99. The van der Waals surface area contributed by atoms with E-state index in [0.717, 1.165) is 38.8 Å². The molecule has 0 spiro atoms. The van der Waals surface area contributed by atoms with Crippen molar-refractivity contribution < 1.29 is 4.79 Å². The molecule has 2 N–H and O–H groups in total. The fourth-order valence-corrected chi connectivity index (χ4v) is 1.74. The smallest absolute Gasteiger partial charge is 0.242 e. The van der Waals surface area contributed by atoms with Gasteiger partial charge in [-0.2, -0.15) is 0 Å². The first kappa shape index (κ1) is 18.1. The lowest BCUT2D eigenvalue weighted by Crippen LogP contribution is -2.53. The number of nitrogens with zero attached hydrogens (tertiary/aromatic N) is 1. The van der Waals surface area contributed by atoms with Crippen LogP contribution in [0.5, 0.6) is 0 Å². The Morgan fingerprint density at radius 1 is 1.25 bits per heavy atom. The third-order valence-corrected chi connectivity index (χ3v) is 2.71. The maximum absolute atomic E-state index is 12.1. The standard InChI is InChI=1S/C12H26N2O.ClH/c1-5-8-10-14(7-3)11(15)12(4,13)9-6-2;/h5-10,13H2,1-4H3;1H. The molecule has 0 radical (unpaired) electrons. The van der Waals surface area contributed by atoms with E-state index in [1.165, 1.54) is 0 Å². The van der Waals surface area contributed by atoms with E-state index in [1.54, 1.807) is 0 Å². The summed E-state index contributed by atoms with van der Waals surface area (Å²) in [5.74, 6) is 0.0975. The zero-order valence-electron chi connectivity index (χ0n) is 11.1. The van der Waals surface area contributed by atoms with Crippen LogP contribution in [0, 0.1) is 0 Å². The highest BCUT2D eigenvalue weighted by molar-refractivity contribution is 5.85. The summed E-state index contributed by atoms with van der Waals surface area (Å²) in [6, 6.07) is 0. The molecule has 1 unspecified atom stereocenters. The third kappa shape index (κ3) is 5.71. The Morgan fingerprint density at radius 3 is 2.19 bits per heavy atom. The van der Waals surface area contributed by atoms with Crippen LogP contribution in [0.3, 0.4) is 0 Å². The molecule has 0 fully saturated rings. The normalized spacial score (nSPS) is 13.8. The molecule has 4 heteroatoms. The summed E-state index contributed by atoms with van der Waals surface area (Å²) in [5, 5.41) is 0. The van der Waals surface area contributed by atoms with Crippen molar-refractivity contribution in [1.29, 1.82) is 0 Å². The predicted molar refractivity (Wildman–Crippen MR) is 71.9 cm³/mol. The lowest BCUT2D eigenvalue weighted by atomic mass is 9.95. The molecule has 0 aromatic carbocycles. The zero-order valence-corrected chi connectivity index (χ0v) is 11.9. The minimum Gasteiger partial charge on any atom is -0.341 e. The monoisotopic (exact) mass is 250 g/mol. The molecule has 0 saturated carbocycles. The van der Waals surface area contributed by atoms with Crippen molar-refractivity contribution in [2.45, 2.75) is 58.9 Å². The van der Waals surface area contributed by atoms with Crippen LogP contribution >= 0.6 is 12.4 Å². The van der Waals surface area contributed by atoms with Gasteiger partial charge in [0.25, 0.3) is 0 Å². The topological polar surface area (TPSA) is 46.3 Å². The molecular weight excluding hydrogens is 224 g/mol. The Hall–Kier alpha value is -0.280. The summed E-state index contributed by atoms with van der Waals surface area (Å²) < 4.78 is 0. The molecule has 3 nitrogen and oxygen atoms in total. The van der Waals surface area contributed by atoms with E-state index in [9.17, 15) is 4.79 Å². The number of carbonyl (C=O) groups excluding carboxylic acids is 1. The van der Waals surface area contributed by atoms with Gasteiger partial charge in [0, 0.05) is 13.1 Å². The van der Waals surface area contributed by atoms with Crippen molar-refractivity contribution in [3.05, 3.63) is 0 Å². The highest BCUT2D eigenvalue weighted by Crippen LogP contribution is 2.13. The lowest BCUT2D eigenvalue weighted by Gasteiger charge is -2.31. The number of unbranched alkanes of at least 4 members (excludes halogenated alkanes) is 1. The fourth-order valence-electron chi connectivity index (χ4n) is 1.74. The van der Waals surface area contributed by atoms with Gasteiger partial charge in [-0.15, -0.1) is 12.4 Å². The molecule has 1 atom stereocenters. The van der Waals surface area contributed by atoms with Crippen LogP contribution in [0.25, 0.3) is 0 Å². The number of amides is 1. The number of halogens is 1. The van der Waals surface area contributed by atoms with E-state index in [-0.39, 0.29) is 18.3 Å². The van der Waals surface area contributed by atoms with E-state index in [0.29, 0.717) is 0 Å². The van der Waals surface area contributed by atoms with Gasteiger partial charge < -0.3 is 10.6 Å². The molecule has 0 heterocycles. The second-order valence-corrected chi connectivity index (χ2v) is 4.41. The van der Waals surface area contributed by atoms with E-state index in [2.05, 4.69) is 13.8 Å². The number of likely N-dealkylation sites (N-methyl/N-ethyl adjacent to an activating group) is 1. The molecule has 0 aromatic heterocycles. The molecular formula is C12H27ClN2O. The van der Waals surface area contributed by atoms with Gasteiger partial charge in [-0.3, -0.25) is 4.79 Å². The summed E-state index contributed by atoms with van der Waals surface area (Å²) in [4.78, 5) is 14.0. The number of nitrogens with two attached hydrogens (primary N) is 1. The predicted octanol–water partition coefficient (Wildman–Crippen LogP) is 2.57. The van der Waals surface area contributed by atoms with Crippen LogP contribution in [0.2, 0.25) is 0 Å². The number of carbonyl (C=O) groups is 1. The summed E-state index contributed by atoms with van der Waals surface area (Å²) in [5.41, 5.74) is 5.35. The van der Waals surface area contributed by atoms with E-state index in [1.807, 2.05) is 18.7 Å². The van der Waals surface area contributed by atoms with Crippen LogP contribution < -0.4 is 5.73 Å². The van der Waals surface area contributed by atoms with Crippen molar-refractivity contribution in [2.24, 2.45) is 5.73 Å². The van der Waals surface area contributed by atoms with Gasteiger partial charge in [0.1, 0.15) is 0 Å². The van der Waals surface area contributed by atoms with Gasteiger partial charge in [0.15, 0.2) is 0 Å². The second-order valence-electron chi connectivity index (χ2n) is 4.41. The molecule has 0 rings (SSSR count). The van der Waals surface area contributed by atoms with Crippen LogP contribution in [0.4, 0.5) is 0 Å². The first-order valence-corrected chi connectivity index (χ1v) is 6.07. The summed E-state index contributed by atoms with van der Waals surface area (Å²) in [7, 11) is 0. The number of hydrogen-bond acceptors (Lipinski definition) is 2. The van der Waals surface area contributed by atoms with Gasteiger partial charge in [0.05, 0.1) is 5.54 Å². The minimum absolute atomic E-state index is 0. The highest BCUT2D eigenvalue weighted by Gasteiger charge is 2.30. The third-order valence-electron chi connectivity index (χ3n) is 2.71. The van der Waals surface area contributed by atoms with Crippen molar-refractivity contribution >= 4 is 18.3 Å². The van der Waals surface area contributed by atoms with Crippen LogP contribution in [-0.4, -0.2) is 29.4 Å². The van der Waals surface area contributed by atoms with Crippen molar-refractivity contribution in [3.63, 3.8) is 0 Å². The number of rotatable bonds is 7. The molecule has 0 aromatic rings. The van der Waals surface area contributed by atoms with E-state index < -0.39 is 5.54 Å². The van der Waals surface area contributed by atoms with Crippen LogP contribution in [-0.2, 0) is 4.79 Å². The van der Waals surface area contributed by atoms with E-state index in [4.69, 9.17) is 5.73 Å². The average Bonchev–Trinajstić information content (AvgIpc) is 2.18. The molecule has 98 valence electrons. The van der Waals surface area contributed by atoms with E-state index >= 15 is 0 Å². The Balaban J connectivity index is 0. The first-order valence-electron chi connectivity index (χ1n) is 6.07. The molecule has 1 amide bonds. The maximum atomic E-state index is 12.1. The zero-order chi connectivity index (χ0) is 11.9. The maximum Gasteiger partial charge on any atom is 0.242 e. The van der Waals surface area contributed by atoms with Gasteiger partial charge in [-0.25, -0.2) is 0 Å². The summed E-state index contributed by atoms with van der Waals surface area (Å²) >= 11 is 0. The van der Waals surface area contributed by atoms with Crippen molar-refractivity contribution in [2.75, 3.05) is 13.1 Å². The fraction of sp³-hybridized carbons (Fsp3) is 0.917. The Bertz CT molecular complexity index is 195. The Kier molecular flexibility index (Phi) is 9.98. The van der Waals surface area contributed by atoms with Crippen LogP contribution in [0.1, 0.15) is 53.4 Å². The molecule has 0 aliphatic heterocycles. The van der Waals surface area contributed by atoms with Gasteiger partial charge >= 0.3 is 0 Å². The highest BCUT2D eigenvalue weighted by atomic mass is 35.5. The van der Waals surface area contributed by atoms with Crippen molar-refractivity contribution in [3.8, 4) is 0 Å². The van der Waals surface area contributed by atoms with Gasteiger partial charge in [-0.1, -0.05) is 26.7 Å². The summed E-state index contributed by atoms with van der Waals surface area (Å²) in [6.45, 7) is 9.63. The molecule has 0 saturated heterocycles. The molecule has 0 bridgehead atoms. The second kappa shape index (κ2) is 8.82. The van der Waals surface area contributed by atoms with Crippen LogP contribution in [0.15, 0.2) is 0 Å².